The van der Waals surface area contributed by atoms with Crippen molar-refractivity contribution in [2.45, 2.75) is 13.8 Å². The zero-order valence-corrected chi connectivity index (χ0v) is 9.08. The van der Waals surface area contributed by atoms with E-state index in [-0.39, 0.29) is 0 Å². The van der Waals surface area contributed by atoms with E-state index in [1.54, 1.807) is 0 Å². The van der Waals surface area contributed by atoms with Crippen LogP contribution in [0.3, 0.4) is 0 Å². The molecule has 0 bridgehead atoms. The van der Waals surface area contributed by atoms with E-state index in [4.69, 9.17) is 9.84 Å². The molecule has 1 unspecified atom stereocenters. The van der Waals surface area contributed by atoms with Crippen LogP contribution in [0.5, 0.6) is 0 Å². The molecule has 2 N–H and O–H groups in total. The van der Waals surface area contributed by atoms with Crippen LogP contribution >= 0.6 is 0 Å². The van der Waals surface area contributed by atoms with Gasteiger partial charge in [-0.3, -0.25) is 9.59 Å². The smallest absolute Gasteiger partial charge is 0.315 e. The van der Waals surface area contributed by atoms with Crippen molar-refractivity contribution in [1.29, 1.82) is 0 Å². The highest BCUT2D eigenvalue weighted by atomic mass is 16.5. The molecular formula is C10H17NO4. The van der Waals surface area contributed by atoms with Gasteiger partial charge in [-0.15, -0.1) is 0 Å². The van der Waals surface area contributed by atoms with Crippen LogP contribution in [-0.2, 0) is 14.3 Å². The van der Waals surface area contributed by atoms with Crippen molar-refractivity contribution in [3.05, 3.63) is 12.2 Å². The van der Waals surface area contributed by atoms with E-state index in [0.29, 0.717) is 19.8 Å². The first-order valence-corrected chi connectivity index (χ1v) is 4.67. The first-order valence-electron chi connectivity index (χ1n) is 4.67. The topological polar surface area (TPSA) is 75.6 Å². The van der Waals surface area contributed by atoms with Gasteiger partial charge in [-0.25, -0.2) is 0 Å². The van der Waals surface area contributed by atoms with Crippen molar-refractivity contribution < 1.29 is 19.4 Å². The first kappa shape index (κ1) is 13.6. The summed E-state index contributed by atoms with van der Waals surface area (Å²) in [6.45, 7) is 7.94. The largest absolute Gasteiger partial charge is 0.481 e. The number of amides is 1. The third-order valence-electron chi connectivity index (χ3n) is 1.66. The summed E-state index contributed by atoms with van der Waals surface area (Å²) in [7, 11) is 0. The second kappa shape index (κ2) is 7.00. The molecule has 0 heterocycles. The summed E-state index contributed by atoms with van der Waals surface area (Å²) in [5, 5.41) is 11.0. The van der Waals surface area contributed by atoms with Crippen LogP contribution in [0.15, 0.2) is 12.2 Å². The summed E-state index contributed by atoms with van der Waals surface area (Å²) in [5.41, 5.74) is 0.903. The lowest BCUT2D eigenvalue weighted by atomic mass is 10.2. The number of carbonyl (C=O) groups is 2. The molecule has 5 heteroatoms. The number of aliphatic carboxylic acids is 1. The van der Waals surface area contributed by atoms with E-state index in [0.717, 1.165) is 5.57 Å². The molecule has 0 fully saturated rings. The third kappa shape index (κ3) is 6.68. The number of carbonyl (C=O) groups excluding carboxylic acids is 1. The van der Waals surface area contributed by atoms with Gasteiger partial charge in [0.25, 0.3) is 0 Å². The highest BCUT2D eigenvalue weighted by Gasteiger charge is 2.19. The molecular weight excluding hydrogens is 198 g/mol. The van der Waals surface area contributed by atoms with Crippen LogP contribution < -0.4 is 5.32 Å². The maximum Gasteiger partial charge on any atom is 0.315 e. The molecule has 0 rings (SSSR count). The van der Waals surface area contributed by atoms with Crippen LogP contribution in [0.2, 0.25) is 0 Å². The molecule has 0 aromatic heterocycles. The molecule has 1 atom stereocenters. The number of carboxylic acids is 1. The molecule has 5 nitrogen and oxygen atoms in total. The van der Waals surface area contributed by atoms with E-state index >= 15 is 0 Å². The average Bonchev–Trinajstić information content (AvgIpc) is 2.15. The second-order valence-corrected chi connectivity index (χ2v) is 3.36. The van der Waals surface area contributed by atoms with Gasteiger partial charge in [-0.2, -0.15) is 0 Å². The number of carboxylic acid groups (broad SMARTS) is 1. The molecule has 0 saturated carbocycles. The highest BCUT2D eigenvalue weighted by molar-refractivity contribution is 5.96. The van der Waals surface area contributed by atoms with Crippen molar-refractivity contribution in [2.75, 3.05) is 19.8 Å². The predicted octanol–water partition coefficient (Wildman–Crippen LogP) is 0.416. The number of nitrogens with one attached hydrogen (secondary N) is 1. The Kier molecular flexibility index (Phi) is 6.37. The Morgan fingerprint density at radius 3 is 2.60 bits per heavy atom. The van der Waals surface area contributed by atoms with E-state index in [9.17, 15) is 9.59 Å². The molecule has 0 aromatic carbocycles. The zero-order chi connectivity index (χ0) is 11.8. The fourth-order valence-corrected chi connectivity index (χ4v) is 0.758. The van der Waals surface area contributed by atoms with E-state index in [1.165, 1.54) is 6.92 Å². The minimum absolute atomic E-state index is 0.309. The van der Waals surface area contributed by atoms with Gasteiger partial charge in [0.1, 0.15) is 5.92 Å². The molecule has 0 aliphatic rings. The second-order valence-electron chi connectivity index (χ2n) is 3.36. The van der Waals surface area contributed by atoms with Gasteiger partial charge in [0.05, 0.1) is 13.2 Å². The quantitative estimate of drug-likeness (QED) is 0.366. The summed E-state index contributed by atoms with van der Waals surface area (Å²) in [6, 6.07) is 0. The lowest BCUT2D eigenvalue weighted by molar-refractivity contribution is -0.146. The van der Waals surface area contributed by atoms with Gasteiger partial charge in [-0.1, -0.05) is 12.2 Å². The monoisotopic (exact) mass is 215 g/mol. The minimum Gasteiger partial charge on any atom is -0.481 e. The highest BCUT2D eigenvalue weighted by Crippen LogP contribution is 1.93. The third-order valence-corrected chi connectivity index (χ3v) is 1.66. The maximum atomic E-state index is 11.1. The van der Waals surface area contributed by atoms with E-state index < -0.39 is 17.8 Å². The fraction of sp³-hybridized carbons (Fsp3) is 0.600. The lowest BCUT2D eigenvalue weighted by Crippen LogP contribution is -2.35. The molecule has 86 valence electrons. The van der Waals surface area contributed by atoms with Crippen molar-refractivity contribution in [1.82, 2.24) is 5.32 Å². The van der Waals surface area contributed by atoms with Gasteiger partial charge in [0, 0.05) is 6.54 Å². The van der Waals surface area contributed by atoms with Crippen LogP contribution in [-0.4, -0.2) is 36.7 Å². The summed E-state index contributed by atoms with van der Waals surface area (Å²) in [4.78, 5) is 21.5. The Hall–Kier alpha value is -1.36. The van der Waals surface area contributed by atoms with Crippen LogP contribution in [0.1, 0.15) is 13.8 Å². The van der Waals surface area contributed by atoms with Gasteiger partial charge in [0.2, 0.25) is 5.91 Å². The van der Waals surface area contributed by atoms with E-state index in [2.05, 4.69) is 11.9 Å². The SMILES string of the molecule is C=C(C)COCCNC(=O)C(C)C(=O)O. The molecule has 0 aromatic rings. The average molecular weight is 215 g/mol. The van der Waals surface area contributed by atoms with Gasteiger partial charge in [0.15, 0.2) is 0 Å². The molecule has 0 saturated heterocycles. The van der Waals surface area contributed by atoms with Crippen LogP contribution in [0.25, 0.3) is 0 Å². The lowest BCUT2D eigenvalue weighted by Gasteiger charge is -2.08. The molecule has 0 aliphatic carbocycles. The van der Waals surface area contributed by atoms with Crippen molar-refractivity contribution >= 4 is 11.9 Å². The van der Waals surface area contributed by atoms with Gasteiger partial charge >= 0.3 is 5.97 Å². The van der Waals surface area contributed by atoms with Crippen LogP contribution in [0.4, 0.5) is 0 Å². The summed E-state index contributed by atoms with van der Waals surface area (Å²) >= 11 is 0. The Bertz CT molecular complexity index is 250. The minimum atomic E-state index is -1.13. The zero-order valence-electron chi connectivity index (χ0n) is 9.08. The van der Waals surface area contributed by atoms with Crippen molar-refractivity contribution in [3.63, 3.8) is 0 Å². The maximum absolute atomic E-state index is 11.1. The van der Waals surface area contributed by atoms with Crippen molar-refractivity contribution in [2.24, 2.45) is 5.92 Å². The van der Waals surface area contributed by atoms with Gasteiger partial charge in [-0.05, 0) is 13.8 Å². The Balaban J connectivity index is 3.55. The summed E-state index contributed by atoms with van der Waals surface area (Å²) in [5.74, 6) is -2.65. The molecule has 1 amide bonds. The fourth-order valence-electron chi connectivity index (χ4n) is 0.758. The predicted molar refractivity (Wildman–Crippen MR) is 55.4 cm³/mol. The summed E-state index contributed by atoms with van der Waals surface area (Å²) in [6.07, 6.45) is 0. The number of rotatable bonds is 7. The molecule has 0 aliphatic heterocycles. The normalized spacial score (nSPS) is 11.9. The Morgan fingerprint density at radius 1 is 1.53 bits per heavy atom. The number of hydrogen-bond acceptors (Lipinski definition) is 3. The number of hydrogen-bond donors (Lipinski definition) is 2. The first-order chi connectivity index (χ1) is 6.95. The molecule has 15 heavy (non-hydrogen) atoms. The standard InChI is InChI=1S/C10H17NO4/c1-7(2)6-15-5-4-11-9(12)8(3)10(13)14/h8H,1,4-6H2,2-3H3,(H,11,12)(H,13,14). The van der Waals surface area contributed by atoms with Gasteiger partial charge < -0.3 is 15.2 Å². The number of ether oxygens (including phenoxy) is 1. The van der Waals surface area contributed by atoms with E-state index in [1.807, 2.05) is 6.92 Å². The Labute approximate surface area is 89.1 Å². The molecule has 0 spiro atoms. The summed E-state index contributed by atoms with van der Waals surface area (Å²) < 4.78 is 5.12. The Morgan fingerprint density at radius 2 is 2.13 bits per heavy atom. The molecule has 0 radical (unpaired) electrons. The van der Waals surface area contributed by atoms with Crippen molar-refractivity contribution in [3.8, 4) is 0 Å². The van der Waals surface area contributed by atoms with Crippen LogP contribution in [0, 0.1) is 5.92 Å².